The van der Waals surface area contributed by atoms with Crippen LogP contribution in [0.15, 0.2) is 74.9 Å². The van der Waals surface area contributed by atoms with Crippen molar-refractivity contribution in [2.75, 3.05) is 7.11 Å². The Morgan fingerprint density at radius 2 is 2.07 bits per heavy atom. The number of benzene rings is 2. The molecule has 3 heterocycles. The molecular weight excluding hydrogens is 448 g/mol. The predicted molar refractivity (Wildman–Crippen MR) is 116 cm³/mol. The van der Waals surface area contributed by atoms with Gasteiger partial charge in [0, 0.05) is 12.0 Å². The number of carbonyl (C=O) groups excluding carboxylic acids is 1. The van der Waals surface area contributed by atoms with Gasteiger partial charge in [0.2, 0.25) is 0 Å². The molecule has 0 aliphatic carbocycles. The number of carbonyl (C=O) groups is 1. The van der Waals surface area contributed by atoms with E-state index in [1.807, 2.05) is 48.5 Å². The van der Waals surface area contributed by atoms with Crippen LogP contribution in [0.5, 0.6) is 5.75 Å². The molecule has 8 heteroatoms. The number of hydrogen-bond acceptors (Lipinski definition) is 5. The maximum atomic E-state index is 13.2. The lowest BCUT2D eigenvalue weighted by molar-refractivity contribution is 0.0671. The summed E-state index contributed by atoms with van der Waals surface area (Å²) in [6.07, 6.45) is 0.514. The van der Waals surface area contributed by atoms with Crippen molar-refractivity contribution in [1.29, 1.82) is 0 Å². The van der Waals surface area contributed by atoms with Crippen molar-refractivity contribution in [2.45, 2.75) is 12.5 Å². The number of para-hydroxylation sites is 2. The van der Waals surface area contributed by atoms with Gasteiger partial charge in [0.25, 0.3) is 0 Å². The number of H-pyrrole nitrogens is 1. The lowest BCUT2D eigenvalue weighted by atomic mass is 10.0. The molecule has 7 nitrogen and oxygen atoms in total. The first-order chi connectivity index (χ1) is 14.6. The Bertz CT molecular complexity index is 1240. The number of furan rings is 1. The summed E-state index contributed by atoms with van der Waals surface area (Å²) >= 11 is 3.25. The molecule has 150 valence electrons. The van der Waals surface area contributed by atoms with Crippen LogP contribution in [0.4, 0.5) is 0 Å². The summed E-state index contributed by atoms with van der Waals surface area (Å²) < 4.78 is 11.3. The number of aromatic nitrogens is 2. The fraction of sp³-hybridized carbons (Fsp3) is 0.136. The van der Waals surface area contributed by atoms with Crippen LogP contribution in [0.25, 0.3) is 11.0 Å². The van der Waals surface area contributed by atoms with Gasteiger partial charge in [-0.25, -0.2) is 9.99 Å². The number of fused-ring (bicyclic) bond motifs is 1. The lowest BCUT2D eigenvalue weighted by Crippen LogP contribution is -2.27. The first kappa shape index (κ1) is 18.6. The summed E-state index contributed by atoms with van der Waals surface area (Å²) in [7, 11) is 1.62. The van der Waals surface area contributed by atoms with Gasteiger partial charge in [-0.1, -0.05) is 24.3 Å². The molecule has 2 aromatic heterocycles. The average molecular weight is 465 g/mol. The molecule has 1 aliphatic rings. The van der Waals surface area contributed by atoms with Crippen LogP contribution in [0, 0.1) is 0 Å². The third-order valence-electron chi connectivity index (χ3n) is 5.03. The Labute approximate surface area is 180 Å². The number of amides is 1. The van der Waals surface area contributed by atoms with E-state index in [9.17, 15) is 4.79 Å². The fourth-order valence-corrected chi connectivity index (χ4v) is 3.87. The molecule has 5 rings (SSSR count). The molecule has 1 aliphatic heterocycles. The quantitative estimate of drug-likeness (QED) is 0.464. The minimum Gasteiger partial charge on any atom is -0.497 e. The number of methoxy groups -OCH3 is 1. The second-order valence-corrected chi connectivity index (χ2v) is 7.67. The topological polar surface area (TPSA) is 83.7 Å². The number of imidazole rings is 1. The first-order valence-electron chi connectivity index (χ1n) is 9.38. The number of halogens is 1. The maximum Gasteiger partial charge on any atom is 0.310 e. The number of nitrogens with one attached hydrogen (secondary N) is 1. The van der Waals surface area contributed by atoms with E-state index in [1.54, 1.807) is 19.2 Å². The normalized spacial score (nSPS) is 16.1. The summed E-state index contributed by atoms with van der Waals surface area (Å²) in [5.41, 5.74) is 3.43. The zero-order valence-corrected chi connectivity index (χ0v) is 17.6. The summed E-state index contributed by atoms with van der Waals surface area (Å²) in [5, 5.41) is 6.10. The number of hydrazone groups is 1. The molecule has 4 aromatic rings. The SMILES string of the molecule is COc1cccc(C2=NN(C(=O)c3ccc(Br)o3)[C@@H](c3nc4ccccc4[nH]3)C2)c1. The highest BCUT2D eigenvalue weighted by Crippen LogP contribution is 2.34. The van der Waals surface area contributed by atoms with Gasteiger partial charge < -0.3 is 14.1 Å². The summed E-state index contributed by atoms with van der Waals surface area (Å²) in [4.78, 5) is 21.2. The van der Waals surface area contributed by atoms with E-state index in [2.05, 4.69) is 26.0 Å². The first-order valence-corrected chi connectivity index (χ1v) is 10.2. The van der Waals surface area contributed by atoms with Crippen molar-refractivity contribution in [3.8, 4) is 5.75 Å². The van der Waals surface area contributed by atoms with Crippen molar-refractivity contribution in [3.05, 3.63) is 82.5 Å². The van der Waals surface area contributed by atoms with E-state index < -0.39 is 0 Å². The van der Waals surface area contributed by atoms with Crippen LogP contribution in [0.3, 0.4) is 0 Å². The number of rotatable bonds is 4. The van der Waals surface area contributed by atoms with E-state index in [4.69, 9.17) is 14.1 Å². The molecule has 1 atom stereocenters. The smallest absolute Gasteiger partial charge is 0.310 e. The summed E-state index contributed by atoms with van der Waals surface area (Å²) in [6.45, 7) is 0. The van der Waals surface area contributed by atoms with E-state index in [-0.39, 0.29) is 17.7 Å². The zero-order valence-electron chi connectivity index (χ0n) is 16.0. The average Bonchev–Trinajstić information content (AvgIpc) is 3.50. The number of aromatic amines is 1. The molecule has 0 saturated heterocycles. The Balaban J connectivity index is 1.56. The van der Waals surface area contributed by atoms with Crippen molar-refractivity contribution in [3.63, 3.8) is 0 Å². The third-order valence-corrected chi connectivity index (χ3v) is 5.45. The molecule has 0 spiro atoms. The largest absolute Gasteiger partial charge is 0.497 e. The minimum atomic E-state index is -0.380. The van der Waals surface area contributed by atoms with E-state index >= 15 is 0 Å². The third kappa shape index (κ3) is 3.29. The molecule has 0 radical (unpaired) electrons. The Kier molecular flexibility index (Phi) is 4.63. The molecule has 30 heavy (non-hydrogen) atoms. The lowest BCUT2D eigenvalue weighted by Gasteiger charge is -2.18. The Morgan fingerprint density at radius 1 is 1.20 bits per heavy atom. The number of ether oxygens (including phenoxy) is 1. The molecule has 1 amide bonds. The standard InChI is InChI=1S/C22H17BrN4O3/c1-29-14-6-4-5-13(11-14)17-12-18(21-24-15-7-2-3-8-16(15)25-21)27(26-17)22(28)19-9-10-20(23)30-19/h2-11,18H,12H2,1H3,(H,24,25)/t18-/m1/s1. The van der Waals surface area contributed by atoms with Crippen LogP contribution in [0.2, 0.25) is 0 Å². The monoisotopic (exact) mass is 464 g/mol. The molecule has 2 aromatic carbocycles. The van der Waals surface area contributed by atoms with Crippen LogP contribution in [0.1, 0.15) is 34.4 Å². The van der Waals surface area contributed by atoms with Crippen LogP contribution < -0.4 is 4.74 Å². The summed E-state index contributed by atoms with van der Waals surface area (Å²) in [6, 6.07) is 18.3. The molecule has 0 unspecified atom stereocenters. The van der Waals surface area contributed by atoms with E-state index in [0.717, 1.165) is 28.1 Å². The van der Waals surface area contributed by atoms with Gasteiger partial charge in [0.15, 0.2) is 10.4 Å². The second kappa shape index (κ2) is 7.46. The van der Waals surface area contributed by atoms with Crippen molar-refractivity contribution in [2.24, 2.45) is 5.10 Å². The second-order valence-electron chi connectivity index (χ2n) is 6.89. The van der Waals surface area contributed by atoms with E-state index in [0.29, 0.717) is 16.9 Å². The van der Waals surface area contributed by atoms with Gasteiger partial charge in [-0.2, -0.15) is 5.10 Å². The van der Waals surface area contributed by atoms with Gasteiger partial charge >= 0.3 is 5.91 Å². The number of hydrogen-bond donors (Lipinski definition) is 1. The zero-order chi connectivity index (χ0) is 20.7. The summed E-state index contributed by atoms with van der Waals surface area (Å²) in [5.74, 6) is 1.29. The van der Waals surface area contributed by atoms with Crippen LogP contribution in [-0.2, 0) is 0 Å². The van der Waals surface area contributed by atoms with Crippen molar-refractivity contribution in [1.82, 2.24) is 15.0 Å². The fourth-order valence-electron chi connectivity index (χ4n) is 3.56. The predicted octanol–water partition coefficient (Wildman–Crippen LogP) is 4.92. The van der Waals surface area contributed by atoms with E-state index in [1.165, 1.54) is 5.01 Å². The van der Waals surface area contributed by atoms with Gasteiger partial charge in [-0.3, -0.25) is 4.79 Å². The number of nitrogens with zero attached hydrogens (tertiary/aromatic N) is 3. The van der Waals surface area contributed by atoms with Crippen LogP contribution in [-0.4, -0.2) is 33.7 Å². The van der Waals surface area contributed by atoms with Gasteiger partial charge in [-0.05, 0) is 52.3 Å². The Hall–Kier alpha value is -3.39. The molecule has 0 bridgehead atoms. The van der Waals surface area contributed by atoms with Gasteiger partial charge in [-0.15, -0.1) is 0 Å². The maximum absolute atomic E-state index is 13.2. The van der Waals surface area contributed by atoms with Gasteiger partial charge in [0.05, 0.1) is 23.9 Å². The minimum absolute atomic E-state index is 0.207. The molecular formula is C22H17BrN4O3. The highest BCUT2D eigenvalue weighted by atomic mass is 79.9. The van der Waals surface area contributed by atoms with Crippen molar-refractivity contribution < 1.29 is 13.9 Å². The van der Waals surface area contributed by atoms with Crippen molar-refractivity contribution >= 4 is 38.6 Å². The van der Waals surface area contributed by atoms with Crippen LogP contribution >= 0.6 is 15.9 Å². The Morgan fingerprint density at radius 3 is 2.83 bits per heavy atom. The molecule has 1 N–H and O–H groups in total. The highest BCUT2D eigenvalue weighted by molar-refractivity contribution is 9.10. The van der Waals surface area contributed by atoms with Gasteiger partial charge in [0.1, 0.15) is 17.6 Å². The molecule has 0 fully saturated rings. The molecule has 0 saturated carbocycles. The highest BCUT2D eigenvalue weighted by Gasteiger charge is 2.37.